The van der Waals surface area contributed by atoms with Crippen LogP contribution < -0.4 is 11.1 Å². The molecule has 0 radical (unpaired) electrons. The molecule has 0 aliphatic carbocycles. The topological polar surface area (TPSA) is 50.9 Å². The van der Waals surface area contributed by atoms with E-state index in [0.717, 1.165) is 13.0 Å². The Morgan fingerprint density at radius 1 is 1.46 bits per heavy atom. The van der Waals surface area contributed by atoms with Crippen molar-refractivity contribution >= 4 is 0 Å². The van der Waals surface area contributed by atoms with E-state index in [-0.39, 0.29) is 0 Å². The molecule has 1 atom stereocenters. The van der Waals surface area contributed by atoms with Crippen LogP contribution in [0.4, 0.5) is 0 Å². The Hall–Kier alpha value is -0.930. The van der Waals surface area contributed by atoms with E-state index in [1.807, 2.05) is 24.5 Å². The van der Waals surface area contributed by atoms with Crippen LogP contribution in [0.2, 0.25) is 0 Å². The zero-order valence-corrected chi connectivity index (χ0v) is 8.03. The lowest BCUT2D eigenvalue weighted by Crippen LogP contribution is -2.34. The van der Waals surface area contributed by atoms with Gasteiger partial charge in [-0.2, -0.15) is 0 Å². The average molecular weight is 179 g/mol. The second kappa shape index (κ2) is 5.67. The fourth-order valence-electron chi connectivity index (χ4n) is 1.10. The molecule has 0 bridgehead atoms. The van der Waals surface area contributed by atoms with Crippen molar-refractivity contribution in [2.75, 3.05) is 13.1 Å². The molecular formula is C10H17N3. The molecule has 0 aromatic carbocycles. The van der Waals surface area contributed by atoms with Crippen LogP contribution in [-0.4, -0.2) is 24.1 Å². The van der Waals surface area contributed by atoms with E-state index in [0.29, 0.717) is 12.6 Å². The van der Waals surface area contributed by atoms with E-state index in [9.17, 15) is 0 Å². The molecule has 1 aromatic rings. The molecule has 0 aliphatic rings. The molecule has 0 amide bonds. The van der Waals surface area contributed by atoms with Crippen molar-refractivity contribution < 1.29 is 0 Å². The molecule has 72 valence electrons. The van der Waals surface area contributed by atoms with Gasteiger partial charge < -0.3 is 11.1 Å². The van der Waals surface area contributed by atoms with Gasteiger partial charge in [0.2, 0.25) is 0 Å². The normalized spacial score (nSPS) is 12.8. The zero-order chi connectivity index (χ0) is 9.52. The SMILES string of the molecule is C[C@@H](CN)NCCc1ccncc1. The van der Waals surface area contributed by atoms with Gasteiger partial charge >= 0.3 is 0 Å². The van der Waals surface area contributed by atoms with Crippen LogP contribution in [0.3, 0.4) is 0 Å². The summed E-state index contributed by atoms with van der Waals surface area (Å²) in [6.07, 6.45) is 4.68. The molecule has 0 saturated carbocycles. The summed E-state index contributed by atoms with van der Waals surface area (Å²) in [5.74, 6) is 0. The molecular weight excluding hydrogens is 162 g/mol. The first-order valence-corrected chi connectivity index (χ1v) is 4.65. The molecule has 1 heterocycles. The average Bonchev–Trinajstić information content (AvgIpc) is 2.19. The van der Waals surface area contributed by atoms with Gasteiger partial charge in [-0.15, -0.1) is 0 Å². The molecule has 0 aliphatic heterocycles. The number of nitrogens with zero attached hydrogens (tertiary/aromatic N) is 1. The first kappa shape index (κ1) is 10.2. The second-order valence-corrected chi connectivity index (χ2v) is 3.20. The zero-order valence-electron chi connectivity index (χ0n) is 8.03. The summed E-state index contributed by atoms with van der Waals surface area (Å²) < 4.78 is 0. The Balaban J connectivity index is 2.20. The van der Waals surface area contributed by atoms with Crippen LogP contribution in [0.5, 0.6) is 0 Å². The van der Waals surface area contributed by atoms with Crippen LogP contribution in [0.15, 0.2) is 24.5 Å². The Morgan fingerprint density at radius 3 is 2.77 bits per heavy atom. The summed E-state index contributed by atoms with van der Waals surface area (Å²) in [6.45, 7) is 3.76. The van der Waals surface area contributed by atoms with Gasteiger partial charge in [0, 0.05) is 25.0 Å². The van der Waals surface area contributed by atoms with Crippen molar-refractivity contribution in [2.24, 2.45) is 5.73 Å². The van der Waals surface area contributed by atoms with Gasteiger partial charge in [-0.1, -0.05) is 0 Å². The molecule has 3 heteroatoms. The molecule has 0 spiro atoms. The monoisotopic (exact) mass is 179 g/mol. The van der Waals surface area contributed by atoms with Gasteiger partial charge in [0.05, 0.1) is 0 Å². The van der Waals surface area contributed by atoms with Gasteiger partial charge in [-0.05, 0) is 37.6 Å². The predicted octanol–water partition coefficient (Wildman–Crippen LogP) is 0.561. The van der Waals surface area contributed by atoms with Crippen LogP contribution in [-0.2, 0) is 6.42 Å². The minimum Gasteiger partial charge on any atom is -0.329 e. The predicted molar refractivity (Wildman–Crippen MR) is 54.5 cm³/mol. The fraction of sp³-hybridized carbons (Fsp3) is 0.500. The van der Waals surface area contributed by atoms with E-state index in [2.05, 4.69) is 17.2 Å². The van der Waals surface area contributed by atoms with E-state index in [1.54, 1.807) is 0 Å². The van der Waals surface area contributed by atoms with Crippen LogP contribution in [0.25, 0.3) is 0 Å². The Morgan fingerprint density at radius 2 is 2.15 bits per heavy atom. The number of nitrogens with two attached hydrogens (primary N) is 1. The Kier molecular flexibility index (Phi) is 4.43. The summed E-state index contributed by atoms with van der Waals surface area (Å²) in [5.41, 5.74) is 6.79. The minimum absolute atomic E-state index is 0.404. The van der Waals surface area contributed by atoms with Crippen molar-refractivity contribution in [3.8, 4) is 0 Å². The molecule has 3 N–H and O–H groups in total. The number of hydrogen-bond donors (Lipinski definition) is 2. The number of rotatable bonds is 5. The third-order valence-electron chi connectivity index (χ3n) is 2.01. The number of hydrogen-bond acceptors (Lipinski definition) is 3. The van der Waals surface area contributed by atoms with Crippen LogP contribution >= 0.6 is 0 Å². The molecule has 0 fully saturated rings. The smallest absolute Gasteiger partial charge is 0.0270 e. The van der Waals surface area contributed by atoms with Crippen LogP contribution in [0.1, 0.15) is 12.5 Å². The van der Waals surface area contributed by atoms with Gasteiger partial charge in [0.25, 0.3) is 0 Å². The van der Waals surface area contributed by atoms with Crippen molar-refractivity contribution in [3.63, 3.8) is 0 Å². The summed E-state index contributed by atoms with van der Waals surface area (Å²) in [6, 6.07) is 4.48. The molecule has 1 aromatic heterocycles. The molecule has 0 saturated heterocycles. The standard InChI is InChI=1S/C10H17N3/c1-9(8-11)13-7-4-10-2-5-12-6-3-10/h2-3,5-6,9,13H,4,7-8,11H2,1H3/t9-/m0/s1. The number of pyridine rings is 1. The fourth-order valence-corrected chi connectivity index (χ4v) is 1.10. The quantitative estimate of drug-likeness (QED) is 0.694. The highest BCUT2D eigenvalue weighted by Crippen LogP contribution is 1.96. The molecule has 1 rings (SSSR count). The maximum Gasteiger partial charge on any atom is 0.0270 e. The Labute approximate surface area is 79.4 Å². The van der Waals surface area contributed by atoms with Crippen molar-refractivity contribution in [1.29, 1.82) is 0 Å². The Bertz CT molecular complexity index is 223. The highest BCUT2D eigenvalue weighted by molar-refractivity contribution is 5.09. The molecule has 13 heavy (non-hydrogen) atoms. The highest BCUT2D eigenvalue weighted by Gasteiger charge is 1.96. The van der Waals surface area contributed by atoms with Gasteiger partial charge in [0.15, 0.2) is 0 Å². The third kappa shape index (κ3) is 4.01. The van der Waals surface area contributed by atoms with Crippen molar-refractivity contribution in [1.82, 2.24) is 10.3 Å². The number of nitrogens with one attached hydrogen (secondary N) is 1. The maximum atomic E-state index is 5.48. The first-order chi connectivity index (χ1) is 6.33. The van der Waals surface area contributed by atoms with Crippen molar-refractivity contribution in [3.05, 3.63) is 30.1 Å². The highest BCUT2D eigenvalue weighted by atomic mass is 14.9. The van der Waals surface area contributed by atoms with Gasteiger partial charge in [-0.25, -0.2) is 0 Å². The summed E-state index contributed by atoms with van der Waals surface area (Å²) in [4.78, 5) is 3.96. The van der Waals surface area contributed by atoms with E-state index in [1.165, 1.54) is 5.56 Å². The summed E-state index contributed by atoms with van der Waals surface area (Å²) in [5, 5.41) is 3.34. The third-order valence-corrected chi connectivity index (χ3v) is 2.01. The largest absolute Gasteiger partial charge is 0.329 e. The summed E-state index contributed by atoms with van der Waals surface area (Å²) in [7, 11) is 0. The van der Waals surface area contributed by atoms with Crippen LogP contribution in [0, 0.1) is 0 Å². The molecule has 0 unspecified atom stereocenters. The lowest BCUT2D eigenvalue weighted by molar-refractivity contribution is 0.559. The lowest BCUT2D eigenvalue weighted by atomic mass is 10.2. The van der Waals surface area contributed by atoms with Crippen molar-refractivity contribution in [2.45, 2.75) is 19.4 Å². The number of aromatic nitrogens is 1. The van der Waals surface area contributed by atoms with E-state index >= 15 is 0 Å². The van der Waals surface area contributed by atoms with Gasteiger partial charge in [0.1, 0.15) is 0 Å². The van der Waals surface area contributed by atoms with Gasteiger partial charge in [-0.3, -0.25) is 4.98 Å². The minimum atomic E-state index is 0.404. The lowest BCUT2D eigenvalue weighted by Gasteiger charge is -2.10. The molecule has 3 nitrogen and oxygen atoms in total. The van der Waals surface area contributed by atoms with E-state index < -0.39 is 0 Å². The second-order valence-electron chi connectivity index (χ2n) is 3.20. The van der Waals surface area contributed by atoms with E-state index in [4.69, 9.17) is 5.73 Å². The maximum absolute atomic E-state index is 5.48. The summed E-state index contributed by atoms with van der Waals surface area (Å²) >= 11 is 0. The first-order valence-electron chi connectivity index (χ1n) is 4.65.